The summed E-state index contributed by atoms with van der Waals surface area (Å²) in [5.74, 6) is -0.448. The number of nitrogens with zero attached hydrogens (tertiary/aromatic N) is 1. The van der Waals surface area contributed by atoms with Crippen molar-refractivity contribution in [1.82, 2.24) is 20.6 Å². The highest BCUT2D eigenvalue weighted by Gasteiger charge is 2.10. The molecule has 1 aromatic heterocycles. The first-order chi connectivity index (χ1) is 15.3. The first kappa shape index (κ1) is 23.4. The van der Waals surface area contributed by atoms with E-state index in [9.17, 15) is 19.2 Å². The van der Waals surface area contributed by atoms with Gasteiger partial charge in [0.2, 0.25) is 11.8 Å². The Labute approximate surface area is 192 Å². The topological polar surface area (TPSA) is 122 Å². The third-order valence-electron chi connectivity index (χ3n) is 4.49. The van der Waals surface area contributed by atoms with Crippen LogP contribution in [-0.4, -0.2) is 28.2 Å². The van der Waals surface area contributed by atoms with Crippen molar-refractivity contribution >= 4 is 45.8 Å². The highest BCUT2D eigenvalue weighted by Crippen LogP contribution is 2.27. The maximum Gasteiger partial charge on any atom is 0.273 e. The molecule has 3 aromatic rings. The Bertz CT molecular complexity index is 1250. The van der Waals surface area contributed by atoms with Crippen molar-refractivity contribution in [3.05, 3.63) is 73.2 Å². The number of rotatable bonds is 8. The summed E-state index contributed by atoms with van der Waals surface area (Å²) in [6, 6.07) is 11.3. The molecule has 2 aromatic carbocycles. The van der Waals surface area contributed by atoms with Crippen molar-refractivity contribution in [3.63, 3.8) is 0 Å². The third kappa shape index (κ3) is 6.12. The molecule has 1 heterocycles. The summed E-state index contributed by atoms with van der Waals surface area (Å²) in [4.78, 5) is 48.3. The van der Waals surface area contributed by atoms with Crippen molar-refractivity contribution < 1.29 is 14.3 Å². The fourth-order valence-corrected chi connectivity index (χ4v) is 3.35. The number of carbonyl (C=O) groups is 2. The molecule has 3 rings (SSSR count). The first-order valence-corrected chi connectivity index (χ1v) is 10.5. The van der Waals surface area contributed by atoms with Gasteiger partial charge in [-0.1, -0.05) is 35.3 Å². The van der Waals surface area contributed by atoms with E-state index in [-0.39, 0.29) is 36.8 Å². The van der Waals surface area contributed by atoms with Crippen molar-refractivity contribution in [3.8, 4) is 5.75 Å². The van der Waals surface area contributed by atoms with Gasteiger partial charge in [-0.3, -0.25) is 35.1 Å². The fraction of sp³-hybridized carbons (Fsp3) is 0.238. The van der Waals surface area contributed by atoms with Gasteiger partial charge in [0, 0.05) is 17.9 Å². The van der Waals surface area contributed by atoms with Crippen LogP contribution in [0.1, 0.15) is 19.3 Å². The Hall–Kier alpha value is -3.30. The van der Waals surface area contributed by atoms with Crippen molar-refractivity contribution in [2.24, 2.45) is 0 Å². The second-order valence-electron chi connectivity index (χ2n) is 6.82. The maximum atomic E-state index is 12.4. The van der Waals surface area contributed by atoms with Crippen molar-refractivity contribution in [2.45, 2.75) is 25.8 Å². The van der Waals surface area contributed by atoms with Gasteiger partial charge in [0.1, 0.15) is 5.75 Å². The summed E-state index contributed by atoms with van der Waals surface area (Å²) in [6.45, 7) is 0.206. The second kappa shape index (κ2) is 10.8. The molecule has 9 nitrogen and oxygen atoms in total. The predicted octanol–water partition coefficient (Wildman–Crippen LogP) is 2.39. The van der Waals surface area contributed by atoms with Crippen LogP contribution in [-0.2, 0) is 16.1 Å². The van der Waals surface area contributed by atoms with Gasteiger partial charge in [-0.2, -0.15) is 0 Å². The maximum absolute atomic E-state index is 12.4. The number of H-pyrrole nitrogens is 1. The molecular weight excluding hydrogens is 459 g/mol. The van der Waals surface area contributed by atoms with E-state index in [1.165, 1.54) is 0 Å². The molecular formula is C21H20Cl2N4O5. The minimum absolute atomic E-state index is 0.0453. The van der Waals surface area contributed by atoms with E-state index in [1.54, 1.807) is 42.5 Å². The van der Waals surface area contributed by atoms with E-state index in [4.69, 9.17) is 27.9 Å². The van der Waals surface area contributed by atoms with Gasteiger partial charge in [-0.15, -0.1) is 0 Å². The van der Waals surface area contributed by atoms with Gasteiger partial charge >= 0.3 is 0 Å². The van der Waals surface area contributed by atoms with Crippen LogP contribution in [0.4, 0.5) is 0 Å². The number of carbonyl (C=O) groups excluding carboxylic acids is 2. The fourth-order valence-electron chi connectivity index (χ4n) is 2.89. The lowest BCUT2D eigenvalue weighted by Gasteiger charge is -2.10. The number of benzene rings is 2. The average molecular weight is 479 g/mol. The summed E-state index contributed by atoms with van der Waals surface area (Å²) >= 11 is 11.8. The molecule has 11 heteroatoms. The zero-order chi connectivity index (χ0) is 23.1. The number of ether oxygens (including phenoxy) is 1. The summed E-state index contributed by atoms with van der Waals surface area (Å²) in [5, 5.41) is 3.87. The van der Waals surface area contributed by atoms with Gasteiger partial charge in [-0.25, -0.2) is 4.68 Å². The molecule has 0 aliphatic heterocycles. The van der Waals surface area contributed by atoms with Crippen LogP contribution in [0.2, 0.25) is 10.0 Å². The van der Waals surface area contributed by atoms with Crippen LogP contribution >= 0.6 is 23.2 Å². The molecule has 0 aliphatic rings. The van der Waals surface area contributed by atoms with E-state index in [1.807, 2.05) is 0 Å². The molecule has 0 unspecified atom stereocenters. The minimum Gasteiger partial charge on any atom is -0.492 e. The van der Waals surface area contributed by atoms with Gasteiger partial charge in [0.05, 0.1) is 28.9 Å². The zero-order valence-electron chi connectivity index (χ0n) is 16.8. The molecule has 32 heavy (non-hydrogen) atoms. The Morgan fingerprint density at radius 1 is 0.969 bits per heavy atom. The number of fused-ring (bicyclic) bond motifs is 1. The van der Waals surface area contributed by atoms with E-state index in [2.05, 4.69) is 16.0 Å². The molecule has 2 amide bonds. The molecule has 0 atom stereocenters. The van der Waals surface area contributed by atoms with Crippen LogP contribution in [0, 0.1) is 0 Å². The van der Waals surface area contributed by atoms with Gasteiger partial charge < -0.3 is 4.74 Å². The highest BCUT2D eigenvalue weighted by molar-refractivity contribution is 6.35. The minimum atomic E-state index is -0.511. The molecule has 0 bridgehead atoms. The van der Waals surface area contributed by atoms with E-state index in [0.717, 1.165) is 4.68 Å². The second-order valence-corrected chi connectivity index (χ2v) is 7.66. The molecule has 0 aliphatic carbocycles. The lowest BCUT2D eigenvalue weighted by atomic mass is 10.2. The smallest absolute Gasteiger partial charge is 0.273 e. The predicted molar refractivity (Wildman–Crippen MR) is 121 cm³/mol. The highest BCUT2D eigenvalue weighted by atomic mass is 35.5. The lowest BCUT2D eigenvalue weighted by Crippen LogP contribution is -2.42. The Kier molecular flexibility index (Phi) is 7.91. The van der Waals surface area contributed by atoms with Crippen LogP contribution in [0.3, 0.4) is 0 Å². The van der Waals surface area contributed by atoms with Crippen LogP contribution in [0.15, 0.2) is 52.1 Å². The van der Waals surface area contributed by atoms with Crippen LogP contribution in [0.5, 0.6) is 5.75 Å². The van der Waals surface area contributed by atoms with Gasteiger partial charge in [0.15, 0.2) is 0 Å². The molecule has 168 valence electrons. The Morgan fingerprint density at radius 3 is 2.38 bits per heavy atom. The number of aromatic amines is 1. The number of amides is 2. The van der Waals surface area contributed by atoms with Crippen molar-refractivity contribution in [2.75, 3.05) is 6.61 Å². The Balaban J connectivity index is 1.40. The van der Waals surface area contributed by atoms with Crippen molar-refractivity contribution in [1.29, 1.82) is 0 Å². The van der Waals surface area contributed by atoms with E-state index in [0.29, 0.717) is 22.2 Å². The largest absolute Gasteiger partial charge is 0.492 e. The SMILES string of the molecule is O=C(CCCOc1ccc(Cl)cc1Cl)NNC(=O)CCn1[nH]c(=O)c2ccccc2c1=O. The molecule has 3 N–H and O–H groups in total. The zero-order valence-corrected chi connectivity index (χ0v) is 18.3. The number of nitrogens with one attached hydrogen (secondary N) is 3. The number of hydrazine groups is 1. The quantitative estimate of drug-likeness (QED) is 0.338. The van der Waals surface area contributed by atoms with Gasteiger partial charge in [-0.05, 0) is 36.8 Å². The molecule has 0 saturated carbocycles. The van der Waals surface area contributed by atoms with E-state index >= 15 is 0 Å². The summed E-state index contributed by atoms with van der Waals surface area (Å²) in [7, 11) is 0. The normalized spacial score (nSPS) is 10.7. The third-order valence-corrected chi connectivity index (χ3v) is 5.02. The summed E-state index contributed by atoms with van der Waals surface area (Å²) < 4.78 is 6.56. The standard InChI is InChI=1S/C21H20Cl2N4O5/c22-13-7-8-17(16(23)12-13)32-11-3-6-18(28)24-25-19(29)9-10-27-21(31)15-5-2-1-4-14(15)20(30)26-27/h1-2,4-5,7-8,12H,3,6,9-11H2,(H,24,28)(H,25,29)(H,26,30). The lowest BCUT2D eigenvalue weighted by molar-refractivity contribution is -0.129. The number of halogens is 2. The average Bonchev–Trinajstić information content (AvgIpc) is 2.78. The molecule has 0 spiro atoms. The summed E-state index contributed by atoms with van der Waals surface area (Å²) in [6.07, 6.45) is 0.393. The van der Waals surface area contributed by atoms with Crippen LogP contribution < -0.4 is 26.7 Å². The summed E-state index contributed by atoms with van der Waals surface area (Å²) in [5.41, 5.74) is 3.75. The number of hydrogen-bond acceptors (Lipinski definition) is 5. The van der Waals surface area contributed by atoms with E-state index < -0.39 is 22.9 Å². The Morgan fingerprint density at radius 2 is 1.66 bits per heavy atom. The molecule has 0 fully saturated rings. The molecule has 0 radical (unpaired) electrons. The van der Waals surface area contributed by atoms with Gasteiger partial charge in [0.25, 0.3) is 11.1 Å². The number of aryl methyl sites for hydroxylation is 1. The number of aromatic nitrogens is 2. The van der Waals surface area contributed by atoms with Crippen LogP contribution in [0.25, 0.3) is 10.8 Å². The number of hydrogen-bond donors (Lipinski definition) is 3. The monoisotopic (exact) mass is 478 g/mol. The first-order valence-electron chi connectivity index (χ1n) is 9.72. The molecule has 0 saturated heterocycles.